The van der Waals surface area contributed by atoms with E-state index in [-0.39, 0.29) is 24.2 Å². The van der Waals surface area contributed by atoms with Gasteiger partial charge in [0.25, 0.3) is 0 Å². The van der Waals surface area contributed by atoms with Crippen molar-refractivity contribution in [1.29, 1.82) is 0 Å². The van der Waals surface area contributed by atoms with E-state index < -0.39 is 0 Å². The zero-order valence-corrected chi connectivity index (χ0v) is 14.1. The minimum absolute atomic E-state index is 0. The first kappa shape index (κ1) is 18.0. The number of hydrogen-bond acceptors (Lipinski definition) is 4. The van der Waals surface area contributed by atoms with Crippen LogP contribution in [-0.2, 0) is 9.53 Å². The molecule has 2 aliphatic rings. The first-order valence-electron chi connectivity index (χ1n) is 8.13. The van der Waals surface area contributed by atoms with Gasteiger partial charge in [-0.25, -0.2) is 0 Å². The zero-order valence-electron chi connectivity index (χ0n) is 13.3. The van der Waals surface area contributed by atoms with Gasteiger partial charge in [0.1, 0.15) is 5.75 Å². The lowest BCUT2D eigenvalue weighted by atomic mass is 10.0. The Hall–Kier alpha value is -1.30. The molecule has 1 unspecified atom stereocenters. The number of rotatable bonds is 5. The third kappa shape index (κ3) is 5.37. The Labute approximate surface area is 143 Å². The van der Waals surface area contributed by atoms with Crippen molar-refractivity contribution in [2.24, 2.45) is 11.8 Å². The lowest BCUT2D eigenvalue weighted by Gasteiger charge is -2.22. The predicted octanol–water partition coefficient (Wildman–Crippen LogP) is 2.46. The maximum atomic E-state index is 12.0. The topological polar surface area (TPSA) is 59.6 Å². The molecule has 6 heteroatoms. The van der Waals surface area contributed by atoms with Crippen molar-refractivity contribution < 1.29 is 14.3 Å². The molecule has 0 aromatic heterocycles. The van der Waals surface area contributed by atoms with Crippen molar-refractivity contribution >= 4 is 24.0 Å². The number of carbonyl (C=O) groups is 1. The largest absolute Gasteiger partial charge is 0.493 e. The second-order valence-corrected chi connectivity index (χ2v) is 6.07. The standard InChI is InChI=1S/C17H24N2O3.ClH/c20-17(14-5-8-18-11-14)19-15-1-3-16(4-2-15)22-12-13-6-9-21-10-7-13;/h1-4,13-14,18H,5-12H2,(H,19,20);1H. The summed E-state index contributed by atoms with van der Waals surface area (Å²) in [5.74, 6) is 1.63. The SMILES string of the molecule is Cl.O=C(Nc1ccc(OCC2CCOCC2)cc1)C1CCNC1. The van der Waals surface area contributed by atoms with Crippen molar-refractivity contribution in [3.05, 3.63) is 24.3 Å². The summed E-state index contributed by atoms with van der Waals surface area (Å²) in [6, 6.07) is 7.64. The average molecular weight is 341 g/mol. The van der Waals surface area contributed by atoms with Crippen LogP contribution in [0.4, 0.5) is 5.69 Å². The first-order chi connectivity index (χ1) is 10.8. The Balaban J connectivity index is 0.00000192. The van der Waals surface area contributed by atoms with Crippen molar-refractivity contribution in [2.45, 2.75) is 19.3 Å². The van der Waals surface area contributed by atoms with Crippen molar-refractivity contribution in [1.82, 2.24) is 5.32 Å². The fraction of sp³-hybridized carbons (Fsp3) is 0.588. The van der Waals surface area contributed by atoms with Crippen LogP contribution in [0, 0.1) is 11.8 Å². The van der Waals surface area contributed by atoms with Gasteiger partial charge in [-0.1, -0.05) is 0 Å². The van der Waals surface area contributed by atoms with Crippen LogP contribution in [0.25, 0.3) is 0 Å². The van der Waals surface area contributed by atoms with Crippen molar-refractivity contribution in [2.75, 3.05) is 38.2 Å². The highest BCUT2D eigenvalue weighted by atomic mass is 35.5. The van der Waals surface area contributed by atoms with Crippen LogP contribution in [0.5, 0.6) is 5.75 Å². The molecular weight excluding hydrogens is 316 g/mol. The monoisotopic (exact) mass is 340 g/mol. The van der Waals surface area contributed by atoms with E-state index in [9.17, 15) is 4.79 Å². The number of carbonyl (C=O) groups excluding carboxylic acids is 1. The summed E-state index contributed by atoms with van der Waals surface area (Å²) in [7, 11) is 0. The maximum Gasteiger partial charge on any atom is 0.228 e. The van der Waals surface area contributed by atoms with E-state index >= 15 is 0 Å². The molecule has 0 saturated carbocycles. The highest BCUT2D eigenvalue weighted by molar-refractivity contribution is 5.92. The van der Waals surface area contributed by atoms with E-state index in [2.05, 4.69) is 10.6 Å². The molecule has 2 N–H and O–H groups in total. The van der Waals surface area contributed by atoms with Crippen LogP contribution in [-0.4, -0.2) is 38.8 Å². The second-order valence-electron chi connectivity index (χ2n) is 6.07. The molecule has 1 aromatic rings. The summed E-state index contributed by atoms with van der Waals surface area (Å²) >= 11 is 0. The third-order valence-corrected chi connectivity index (χ3v) is 4.38. The molecule has 0 spiro atoms. The van der Waals surface area contributed by atoms with Gasteiger partial charge in [0.2, 0.25) is 5.91 Å². The normalized spacial score (nSPS) is 21.5. The zero-order chi connectivity index (χ0) is 15.2. The molecular formula is C17H25ClN2O3. The summed E-state index contributed by atoms with van der Waals surface area (Å²) in [4.78, 5) is 12.0. The molecule has 1 aromatic carbocycles. The van der Waals surface area contributed by atoms with E-state index in [1.165, 1.54) is 0 Å². The smallest absolute Gasteiger partial charge is 0.228 e. The molecule has 0 aliphatic carbocycles. The molecule has 2 fully saturated rings. The van der Waals surface area contributed by atoms with E-state index in [4.69, 9.17) is 9.47 Å². The summed E-state index contributed by atoms with van der Waals surface area (Å²) < 4.78 is 11.2. The molecule has 23 heavy (non-hydrogen) atoms. The number of ether oxygens (including phenoxy) is 2. The van der Waals surface area contributed by atoms with E-state index in [1.807, 2.05) is 24.3 Å². The lowest BCUT2D eigenvalue weighted by molar-refractivity contribution is -0.119. The number of halogens is 1. The van der Waals surface area contributed by atoms with Crippen LogP contribution in [0.3, 0.4) is 0 Å². The van der Waals surface area contributed by atoms with Crippen LogP contribution in [0.15, 0.2) is 24.3 Å². The van der Waals surface area contributed by atoms with Gasteiger partial charge in [-0.2, -0.15) is 0 Å². The molecule has 2 heterocycles. The highest BCUT2D eigenvalue weighted by Crippen LogP contribution is 2.20. The third-order valence-electron chi connectivity index (χ3n) is 4.38. The Morgan fingerprint density at radius 2 is 1.96 bits per heavy atom. The van der Waals surface area contributed by atoms with Crippen LogP contribution in [0.1, 0.15) is 19.3 Å². The van der Waals surface area contributed by atoms with E-state index in [1.54, 1.807) is 0 Å². The molecule has 2 saturated heterocycles. The Kier molecular flexibility index (Phi) is 7.15. The summed E-state index contributed by atoms with van der Waals surface area (Å²) in [5.41, 5.74) is 0.829. The van der Waals surface area contributed by atoms with E-state index in [0.717, 1.165) is 63.6 Å². The summed E-state index contributed by atoms with van der Waals surface area (Å²) in [5, 5.41) is 6.17. The number of benzene rings is 1. The number of amides is 1. The number of anilines is 1. The van der Waals surface area contributed by atoms with Gasteiger partial charge < -0.3 is 20.1 Å². The molecule has 5 nitrogen and oxygen atoms in total. The van der Waals surface area contributed by atoms with Crippen LogP contribution in [0.2, 0.25) is 0 Å². The van der Waals surface area contributed by atoms with Gasteiger partial charge in [-0.05, 0) is 56.0 Å². The predicted molar refractivity (Wildman–Crippen MR) is 92.3 cm³/mol. The first-order valence-corrected chi connectivity index (χ1v) is 8.13. The van der Waals surface area contributed by atoms with Crippen LogP contribution >= 0.6 is 12.4 Å². The number of nitrogens with one attached hydrogen (secondary N) is 2. The second kappa shape index (κ2) is 9.11. The van der Waals surface area contributed by atoms with Gasteiger partial charge in [-0.15, -0.1) is 12.4 Å². The lowest BCUT2D eigenvalue weighted by Crippen LogP contribution is -2.24. The Morgan fingerprint density at radius 1 is 1.22 bits per heavy atom. The van der Waals surface area contributed by atoms with E-state index in [0.29, 0.717) is 5.92 Å². The van der Waals surface area contributed by atoms with Crippen molar-refractivity contribution in [3.63, 3.8) is 0 Å². The van der Waals surface area contributed by atoms with Gasteiger partial charge in [0.15, 0.2) is 0 Å². The Bertz CT molecular complexity index is 483. The number of hydrogen-bond donors (Lipinski definition) is 2. The molecule has 0 bridgehead atoms. The minimum Gasteiger partial charge on any atom is -0.493 e. The van der Waals surface area contributed by atoms with Gasteiger partial charge in [-0.3, -0.25) is 4.79 Å². The highest BCUT2D eigenvalue weighted by Gasteiger charge is 2.22. The van der Waals surface area contributed by atoms with Crippen molar-refractivity contribution in [3.8, 4) is 5.75 Å². The van der Waals surface area contributed by atoms with Gasteiger partial charge in [0.05, 0.1) is 12.5 Å². The molecule has 3 rings (SSSR count). The molecule has 2 aliphatic heterocycles. The van der Waals surface area contributed by atoms with Gasteiger partial charge in [0, 0.05) is 25.4 Å². The quantitative estimate of drug-likeness (QED) is 0.864. The Morgan fingerprint density at radius 3 is 2.61 bits per heavy atom. The summed E-state index contributed by atoms with van der Waals surface area (Å²) in [6.07, 6.45) is 3.06. The van der Waals surface area contributed by atoms with Gasteiger partial charge >= 0.3 is 0 Å². The maximum absolute atomic E-state index is 12.0. The summed E-state index contributed by atoms with van der Waals surface area (Å²) in [6.45, 7) is 4.13. The fourth-order valence-corrected chi connectivity index (χ4v) is 2.88. The molecule has 0 radical (unpaired) electrons. The minimum atomic E-state index is 0. The molecule has 1 atom stereocenters. The van der Waals surface area contributed by atoms with Crippen LogP contribution < -0.4 is 15.4 Å². The fourth-order valence-electron chi connectivity index (χ4n) is 2.88. The average Bonchev–Trinajstić information content (AvgIpc) is 3.10. The molecule has 128 valence electrons. The molecule has 1 amide bonds.